The van der Waals surface area contributed by atoms with Crippen LogP contribution in [0.1, 0.15) is 5.56 Å². The highest BCUT2D eigenvalue weighted by atomic mass is 127. The van der Waals surface area contributed by atoms with Crippen molar-refractivity contribution in [2.45, 2.75) is 0 Å². The van der Waals surface area contributed by atoms with Gasteiger partial charge in [-0.15, -0.1) is 0 Å². The zero-order valence-electron chi connectivity index (χ0n) is 9.21. The van der Waals surface area contributed by atoms with E-state index in [1.165, 1.54) is 0 Å². The van der Waals surface area contributed by atoms with Crippen LogP contribution in [0.2, 0.25) is 0 Å². The first-order valence-corrected chi connectivity index (χ1v) is 7.90. The number of hydrogen-bond acceptors (Lipinski definition) is 4. The summed E-state index contributed by atoms with van der Waals surface area (Å²) in [5.74, 6) is -0.326. The largest absolute Gasteiger partial charge is 0.386 e. The van der Waals surface area contributed by atoms with Gasteiger partial charge in [0.1, 0.15) is 0 Å². The number of nitrogens with one attached hydrogen (secondary N) is 2. The molecule has 1 aromatic rings. The summed E-state index contributed by atoms with van der Waals surface area (Å²) in [6, 6.07) is 3.94. The molecule has 0 unspecified atom stereocenters. The zero-order valence-corrected chi connectivity index (χ0v) is 14.3. The molecule has 0 spiro atoms. The molecule has 2 N–H and O–H groups in total. The number of benzene rings is 1. The molecule has 0 aliphatic carbocycles. The minimum atomic E-state index is -0.326. The van der Waals surface area contributed by atoms with Crippen LogP contribution in [-0.2, 0) is 4.79 Å². The van der Waals surface area contributed by atoms with E-state index in [1.807, 2.05) is 19.2 Å². The summed E-state index contributed by atoms with van der Waals surface area (Å²) in [7, 11) is 1.87. The molecule has 1 aliphatic rings. The fourth-order valence-electron chi connectivity index (χ4n) is 1.49. The molecule has 0 aromatic heterocycles. The van der Waals surface area contributed by atoms with Crippen molar-refractivity contribution in [3.63, 3.8) is 0 Å². The Bertz CT molecular complexity index is 549. The summed E-state index contributed by atoms with van der Waals surface area (Å²) < 4.78 is 2.15. The standard InChI is InChI=1S/C11H8I2N2O2S/c1-14-9-6(12)2-5(3-7(9)13)4-8-10(16)15-11(17)18-8/h2-4,14H,1H3,(H,15,16,17)/b8-4+. The highest BCUT2D eigenvalue weighted by Crippen LogP contribution is 2.30. The molecule has 0 bridgehead atoms. The molecule has 1 heterocycles. The molecule has 1 aliphatic heterocycles. The van der Waals surface area contributed by atoms with E-state index in [4.69, 9.17) is 0 Å². The Morgan fingerprint density at radius 2 is 1.89 bits per heavy atom. The molecule has 4 nitrogen and oxygen atoms in total. The van der Waals surface area contributed by atoms with Crippen molar-refractivity contribution >= 4 is 79.9 Å². The molecule has 1 aromatic carbocycles. The molecule has 0 atom stereocenters. The predicted molar refractivity (Wildman–Crippen MR) is 90.5 cm³/mol. The molecule has 7 heteroatoms. The lowest BCUT2D eigenvalue weighted by atomic mass is 10.2. The van der Waals surface area contributed by atoms with Crippen molar-refractivity contribution in [2.24, 2.45) is 0 Å². The van der Waals surface area contributed by atoms with Gasteiger partial charge in [-0.1, -0.05) is 0 Å². The summed E-state index contributed by atoms with van der Waals surface area (Å²) >= 11 is 5.40. The van der Waals surface area contributed by atoms with E-state index < -0.39 is 0 Å². The molecule has 1 saturated heterocycles. The Labute approximate surface area is 136 Å². The Morgan fingerprint density at radius 3 is 2.33 bits per heavy atom. The number of thioether (sulfide) groups is 1. The SMILES string of the molecule is CNc1c(I)cc(/C=C2/SC(=O)NC2=O)cc1I. The van der Waals surface area contributed by atoms with Crippen LogP contribution >= 0.6 is 56.9 Å². The predicted octanol–water partition coefficient (Wildman–Crippen LogP) is 3.26. The summed E-state index contributed by atoms with van der Waals surface area (Å²) in [5.41, 5.74) is 1.98. The van der Waals surface area contributed by atoms with Gasteiger partial charge in [-0.25, -0.2) is 0 Å². The van der Waals surface area contributed by atoms with Crippen LogP contribution in [0.25, 0.3) is 6.08 Å². The van der Waals surface area contributed by atoms with Crippen LogP contribution in [-0.4, -0.2) is 18.2 Å². The van der Waals surface area contributed by atoms with Crippen LogP contribution in [0.15, 0.2) is 17.0 Å². The van der Waals surface area contributed by atoms with Crippen LogP contribution < -0.4 is 10.6 Å². The number of anilines is 1. The number of rotatable bonds is 2. The normalized spacial score (nSPS) is 17.2. The molecule has 94 valence electrons. The van der Waals surface area contributed by atoms with E-state index in [9.17, 15) is 9.59 Å². The minimum Gasteiger partial charge on any atom is -0.386 e. The van der Waals surface area contributed by atoms with Gasteiger partial charge < -0.3 is 5.32 Å². The fourth-order valence-corrected chi connectivity index (χ4v) is 4.53. The lowest BCUT2D eigenvalue weighted by Gasteiger charge is -2.08. The van der Waals surface area contributed by atoms with Gasteiger partial charge in [0.15, 0.2) is 0 Å². The van der Waals surface area contributed by atoms with Gasteiger partial charge in [-0.05, 0) is 80.7 Å². The molecule has 2 amide bonds. The Kier molecular flexibility index (Phi) is 4.54. The number of carbonyl (C=O) groups is 2. The van der Waals surface area contributed by atoms with Crippen LogP contribution in [0, 0.1) is 7.14 Å². The first-order valence-electron chi connectivity index (χ1n) is 4.93. The number of amides is 2. The third-order valence-corrected chi connectivity index (χ3v) is 4.77. The molecule has 2 rings (SSSR count). The average Bonchev–Trinajstić information content (AvgIpc) is 2.57. The zero-order chi connectivity index (χ0) is 13.3. The van der Waals surface area contributed by atoms with Gasteiger partial charge in [0.25, 0.3) is 11.1 Å². The number of carbonyl (C=O) groups excluding carboxylic acids is 2. The maximum atomic E-state index is 11.4. The summed E-state index contributed by atoms with van der Waals surface area (Å²) in [6.45, 7) is 0. The van der Waals surface area contributed by atoms with E-state index in [1.54, 1.807) is 6.08 Å². The Balaban J connectivity index is 2.39. The van der Waals surface area contributed by atoms with E-state index in [0.29, 0.717) is 4.91 Å². The van der Waals surface area contributed by atoms with Crippen molar-refractivity contribution in [3.8, 4) is 0 Å². The second kappa shape index (κ2) is 5.78. The van der Waals surface area contributed by atoms with Gasteiger partial charge in [0, 0.05) is 14.2 Å². The van der Waals surface area contributed by atoms with Crippen LogP contribution in [0.4, 0.5) is 10.5 Å². The molecule has 0 radical (unpaired) electrons. The molecule has 1 fully saturated rings. The first-order chi connectivity index (χ1) is 8.51. The van der Waals surface area contributed by atoms with Crippen molar-refractivity contribution < 1.29 is 9.59 Å². The fraction of sp³-hybridized carbons (Fsp3) is 0.0909. The van der Waals surface area contributed by atoms with Gasteiger partial charge in [0.2, 0.25) is 0 Å². The van der Waals surface area contributed by atoms with Crippen molar-refractivity contribution in [2.75, 3.05) is 12.4 Å². The lowest BCUT2D eigenvalue weighted by molar-refractivity contribution is -0.115. The van der Waals surface area contributed by atoms with E-state index in [2.05, 4.69) is 55.8 Å². The molecule has 0 saturated carbocycles. The maximum absolute atomic E-state index is 11.4. The second-order valence-electron chi connectivity index (χ2n) is 3.46. The number of halogens is 2. The highest BCUT2D eigenvalue weighted by molar-refractivity contribution is 14.1. The van der Waals surface area contributed by atoms with Crippen molar-refractivity contribution in [1.29, 1.82) is 0 Å². The monoisotopic (exact) mass is 486 g/mol. The van der Waals surface area contributed by atoms with Crippen molar-refractivity contribution in [1.82, 2.24) is 5.32 Å². The van der Waals surface area contributed by atoms with Crippen LogP contribution in [0.3, 0.4) is 0 Å². The Morgan fingerprint density at radius 1 is 1.28 bits per heavy atom. The van der Waals surface area contributed by atoms with E-state index in [0.717, 1.165) is 30.2 Å². The van der Waals surface area contributed by atoms with E-state index in [-0.39, 0.29) is 11.1 Å². The number of hydrogen-bond donors (Lipinski definition) is 2. The second-order valence-corrected chi connectivity index (χ2v) is 6.80. The molecular formula is C11H8I2N2O2S. The summed E-state index contributed by atoms with van der Waals surface area (Å²) in [5, 5.41) is 5.05. The summed E-state index contributed by atoms with van der Waals surface area (Å²) in [4.78, 5) is 22.9. The first kappa shape index (κ1) is 14.1. The lowest BCUT2D eigenvalue weighted by Crippen LogP contribution is -2.17. The highest BCUT2D eigenvalue weighted by Gasteiger charge is 2.25. The molecular weight excluding hydrogens is 478 g/mol. The van der Waals surface area contributed by atoms with Crippen molar-refractivity contribution in [3.05, 3.63) is 29.7 Å². The van der Waals surface area contributed by atoms with E-state index >= 15 is 0 Å². The van der Waals surface area contributed by atoms with Crippen LogP contribution in [0.5, 0.6) is 0 Å². The average molecular weight is 486 g/mol. The minimum absolute atomic E-state index is 0.317. The smallest absolute Gasteiger partial charge is 0.290 e. The quantitative estimate of drug-likeness (QED) is 0.498. The molecule has 18 heavy (non-hydrogen) atoms. The Hall–Kier alpha value is -0.290. The maximum Gasteiger partial charge on any atom is 0.290 e. The van der Waals surface area contributed by atoms with Gasteiger partial charge in [-0.2, -0.15) is 0 Å². The van der Waals surface area contributed by atoms with Gasteiger partial charge in [0.05, 0.1) is 10.6 Å². The summed E-state index contributed by atoms with van der Waals surface area (Å²) in [6.07, 6.45) is 1.73. The van der Waals surface area contributed by atoms with Gasteiger partial charge in [-0.3, -0.25) is 14.9 Å². The van der Waals surface area contributed by atoms with Gasteiger partial charge >= 0.3 is 0 Å². The topological polar surface area (TPSA) is 58.2 Å². The third kappa shape index (κ3) is 2.99. The third-order valence-electron chi connectivity index (χ3n) is 2.25. The number of imide groups is 1.